The lowest BCUT2D eigenvalue weighted by Crippen LogP contribution is -2.15. The molecule has 2 aromatic rings. The molecule has 1 N–H and O–H groups in total. The monoisotopic (exact) mass is 307 g/mol. The molecule has 0 saturated carbocycles. The first-order chi connectivity index (χ1) is 9.81. The van der Waals surface area contributed by atoms with Crippen molar-refractivity contribution >= 4 is 21.5 Å². The molecule has 0 aliphatic heterocycles. The molecule has 0 aliphatic carbocycles. The van der Waals surface area contributed by atoms with E-state index in [1.807, 2.05) is 0 Å². The van der Waals surface area contributed by atoms with Crippen molar-refractivity contribution in [2.45, 2.75) is 18.7 Å². The maximum absolute atomic E-state index is 13.5. The van der Waals surface area contributed by atoms with E-state index < -0.39 is 15.8 Å². The van der Waals surface area contributed by atoms with Crippen LogP contribution in [0.2, 0.25) is 0 Å². The van der Waals surface area contributed by atoms with Crippen LogP contribution in [0.4, 0.5) is 10.1 Å². The minimum absolute atomic E-state index is 0.172. The summed E-state index contributed by atoms with van der Waals surface area (Å²) < 4.78 is 40.3. The standard InChI is InChI=1S/C15H14FNO3S/c1-10-7-8-12(9-14(10)16)21(19,20)17-15-6-4-3-5-13(15)11(2)18/h3-9,17H,1-2H3. The minimum Gasteiger partial charge on any atom is -0.294 e. The first kappa shape index (κ1) is 15.2. The topological polar surface area (TPSA) is 63.2 Å². The van der Waals surface area contributed by atoms with Crippen molar-refractivity contribution in [1.29, 1.82) is 0 Å². The third-order valence-corrected chi connectivity index (χ3v) is 4.37. The maximum atomic E-state index is 13.5. The van der Waals surface area contributed by atoms with Crippen LogP contribution in [0.3, 0.4) is 0 Å². The summed E-state index contributed by atoms with van der Waals surface area (Å²) in [7, 11) is -3.95. The highest BCUT2D eigenvalue weighted by atomic mass is 32.2. The number of carbonyl (C=O) groups is 1. The smallest absolute Gasteiger partial charge is 0.262 e. The van der Waals surface area contributed by atoms with Crippen molar-refractivity contribution in [2.75, 3.05) is 4.72 Å². The molecule has 0 atom stereocenters. The van der Waals surface area contributed by atoms with Crippen LogP contribution < -0.4 is 4.72 Å². The predicted molar refractivity (Wildman–Crippen MR) is 78.4 cm³/mol. The fourth-order valence-corrected chi connectivity index (χ4v) is 2.91. The number of halogens is 1. The molecule has 0 spiro atoms. The van der Waals surface area contributed by atoms with Crippen molar-refractivity contribution in [3.63, 3.8) is 0 Å². The minimum atomic E-state index is -3.95. The van der Waals surface area contributed by atoms with Crippen LogP contribution >= 0.6 is 0 Å². The molecule has 4 nitrogen and oxygen atoms in total. The zero-order chi connectivity index (χ0) is 15.6. The number of ketones is 1. The van der Waals surface area contributed by atoms with E-state index >= 15 is 0 Å². The second-order valence-corrected chi connectivity index (χ2v) is 6.30. The Morgan fingerprint density at radius 3 is 2.43 bits per heavy atom. The molecule has 0 unspecified atom stereocenters. The fraction of sp³-hybridized carbons (Fsp3) is 0.133. The Labute approximate surface area is 122 Å². The number of rotatable bonds is 4. The van der Waals surface area contributed by atoms with Crippen molar-refractivity contribution < 1.29 is 17.6 Å². The molecule has 6 heteroatoms. The first-order valence-corrected chi connectivity index (χ1v) is 7.68. The zero-order valence-electron chi connectivity index (χ0n) is 11.6. The summed E-state index contributed by atoms with van der Waals surface area (Å²) in [4.78, 5) is 11.3. The molecule has 0 aromatic heterocycles. The van der Waals surface area contributed by atoms with Gasteiger partial charge in [-0.25, -0.2) is 12.8 Å². The summed E-state index contributed by atoms with van der Waals surface area (Å²) in [6.07, 6.45) is 0. The maximum Gasteiger partial charge on any atom is 0.262 e. The molecule has 2 aromatic carbocycles. The summed E-state index contributed by atoms with van der Waals surface area (Å²) in [6.45, 7) is 2.89. The molecule has 21 heavy (non-hydrogen) atoms. The lowest BCUT2D eigenvalue weighted by Gasteiger charge is -2.11. The number of Topliss-reactive ketones (excluding diaryl/α,β-unsaturated/α-hetero) is 1. The lowest BCUT2D eigenvalue weighted by atomic mass is 10.1. The van der Waals surface area contributed by atoms with Crippen LogP contribution in [0.1, 0.15) is 22.8 Å². The molecule has 2 rings (SSSR count). The van der Waals surface area contributed by atoms with Gasteiger partial charge in [-0.15, -0.1) is 0 Å². The number of sulfonamides is 1. The molecule has 0 amide bonds. The number of anilines is 1. The van der Waals surface area contributed by atoms with Crippen LogP contribution in [-0.4, -0.2) is 14.2 Å². The van der Waals surface area contributed by atoms with Gasteiger partial charge in [-0.1, -0.05) is 18.2 Å². The number of carbonyl (C=O) groups excluding carboxylic acids is 1. The Morgan fingerprint density at radius 2 is 1.81 bits per heavy atom. The Bertz CT molecular complexity index is 800. The highest BCUT2D eigenvalue weighted by molar-refractivity contribution is 7.92. The van der Waals surface area contributed by atoms with Gasteiger partial charge in [0.2, 0.25) is 0 Å². The van der Waals surface area contributed by atoms with E-state index in [1.165, 1.54) is 31.2 Å². The number of aryl methyl sites for hydroxylation is 1. The van der Waals surface area contributed by atoms with Gasteiger partial charge < -0.3 is 0 Å². The average molecular weight is 307 g/mol. The molecule has 0 heterocycles. The highest BCUT2D eigenvalue weighted by Gasteiger charge is 2.18. The second-order valence-electron chi connectivity index (χ2n) is 4.62. The van der Waals surface area contributed by atoms with Crippen LogP contribution in [-0.2, 0) is 10.0 Å². The van der Waals surface area contributed by atoms with E-state index in [0.717, 1.165) is 6.07 Å². The van der Waals surface area contributed by atoms with Crippen LogP contribution in [0.5, 0.6) is 0 Å². The summed E-state index contributed by atoms with van der Waals surface area (Å²) in [5.74, 6) is -0.860. The van der Waals surface area contributed by atoms with Gasteiger partial charge in [-0.05, 0) is 43.7 Å². The van der Waals surface area contributed by atoms with E-state index in [1.54, 1.807) is 19.1 Å². The molecule has 110 valence electrons. The Balaban J connectivity index is 2.42. The molecule has 0 saturated heterocycles. The molecule has 0 fully saturated rings. The molecular formula is C15H14FNO3S. The Morgan fingerprint density at radius 1 is 1.14 bits per heavy atom. The van der Waals surface area contributed by atoms with Crippen LogP contribution in [0.25, 0.3) is 0 Å². The highest BCUT2D eigenvalue weighted by Crippen LogP contribution is 2.21. The Kier molecular flexibility index (Phi) is 4.09. The van der Waals surface area contributed by atoms with E-state index in [0.29, 0.717) is 5.56 Å². The lowest BCUT2D eigenvalue weighted by molar-refractivity contribution is 0.101. The van der Waals surface area contributed by atoms with E-state index in [2.05, 4.69) is 4.72 Å². The van der Waals surface area contributed by atoms with Crippen molar-refractivity contribution in [2.24, 2.45) is 0 Å². The second kappa shape index (κ2) is 5.65. The SMILES string of the molecule is CC(=O)c1ccccc1NS(=O)(=O)c1ccc(C)c(F)c1. The van der Waals surface area contributed by atoms with Gasteiger partial charge in [0.1, 0.15) is 5.82 Å². The van der Waals surface area contributed by atoms with Crippen LogP contribution in [0, 0.1) is 12.7 Å². The van der Waals surface area contributed by atoms with Crippen molar-refractivity contribution in [3.8, 4) is 0 Å². The van der Waals surface area contributed by atoms with Crippen molar-refractivity contribution in [1.82, 2.24) is 0 Å². The van der Waals surface area contributed by atoms with E-state index in [-0.39, 0.29) is 21.9 Å². The zero-order valence-corrected chi connectivity index (χ0v) is 12.4. The first-order valence-electron chi connectivity index (χ1n) is 6.20. The van der Waals surface area contributed by atoms with Gasteiger partial charge in [-0.3, -0.25) is 9.52 Å². The summed E-state index contributed by atoms with van der Waals surface area (Å²) >= 11 is 0. The van der Waals surface area contributed by atoms with E-state index in [9.17, 15) is 17.6 Å². The third kappa shape index (κ3) is 3.28. The number of nitrogens with one attached hydrogen (secondary N) is 1. The summed E-state index contributed by atoms with van der Waals surface area (Å²) in [6, 6.07) is 9.92. The molecular weight excluding hydrogens is 293 g/mol. The van der Waals surface area contributed by atoms with Gasteiger partial charge in [0.05, 0.1) is 10.6 Å². The van der Waals surface area contributed by atoms with Gasteiger partial charge in [0.25, 0.3) is 10.0 Å². The van der Waals surface area contributed by atoms with Crippen molar-refractivity contribution in [3.05, 3.63) is 59.4 Å². The summed E-state index contributed by atoms with van der Waals surface area (Å²) in [5.41, 5.74) is 0.790. The number of hydrogen-bond acceptors (Lipinski definition) is 3. The molecule has 0 radical (unpaired) electrons. The average Bonchev–Trinajstić information content (AvgIpc) is 2.41. The number of para-hydroxylation sites is 1. The fourth-order valence-electron chi connectivity index (χ4n) is 1.82. The van der Waals surface area contributed by atoms with Gasteiger partial charge in [0.15, 0.2) is 5.78 Å². The largest absolute Gasteiger partial charge is 0.294 e. The van der Waals surface area contributed by atoms with Gasteiger partial charge in [-0.2, -0.15) is 0 Å². The predicted octanol–water partition coefficient (Wildman–Crippen LogP) is 3.14. The van der Waals surface area contributed by atoms with Gasteiger partial charge in [0, 0.05) is 5.56 Å². The third-order valence-electron chi connectivity index (χ3n) is 3.00. The quantitative estimate of drug-likeness (QED) is 0.883. The van der Waals surface area contributed by atoms with E-state index in [4.69, 9.17) is 0 Å². The number of hydrogen-bond donors (Lipinski definition) is 1. The normalized spacial score (nSPS) is 11.2. The van der Waals surface area contributed by atoms with Crippen LogP contribution in [0.15, 0.2) is 47.4 Å². The molecule has 0 aliphatic rings. The Hall–Kier alpha value is -2.21. The summed E-state index contributed by atoms with van der Waals surface area (Å²) in [5, 5.41) is 0. The van der Waals surface area contributed by atoms with Gasteiger partial charge >= 0.3 is 0 Å². The number of benzene rings is 2. The molecule has 0 bridgehead atoms.